The molecule has 0 bridgehead atoms. The number of likely N-dealkylation sites (tertiary alicyclic amines) is 1. The van der Waals surface area contributed by atoms with E-state index in [9.17, 15) is 9.59 Å². The highest BCUT2D eigenvalue weighted by Gasteiger charge is 2.28. The Balaban J connectivity index is 1.97. The van der Waals surface area contributed by atoms with Crippen molar-refractivity contribution in [2.75, 3.05) is 19.6 Å². The van der Waals surface area contributed by atoms with Crippen molar-refractivity contribution < 1.29 is 9.59 Å². The van der Waals surface area contributed by atoms with Gasteiger partial charge in [0.1, 0.15) is 0 Å². The summed E-state index contributed by atoms with van der Waals surface area (Å²) in [7, 11) is 0. The molecule has 17 heavy (non-hydrogen) atoms. The molecule has 0 unspecified atom stereocenters. The minimum absolute atomic E-state index is 0.151. The van der Waals surface area contributed by atoms with Crippen LogP contribution in [-0.4, -0.2) is 36.3 Å². The molecular weight excluding hydrogens is 216 g/mol. The third-order valence-electron chi connectivity index (χ3n) is 3.37. The molecule has 0 saturated carbocycles. The fourth-order valence-electron chi connectivity index (χ4n) is 2.60. The van der Waals surface area contributed by atoms with Crippen LogP contribution in [0.1, 0.15) is 33.1 Å². The zero-order valence-electron chi connectivity index (χ0n) is 10.6. The fraction of sp³-hybridized carbons (Fsp3) is 0.692. The van der Waals surface area contributed by atoms with Crippen LogP contribution in [0.5, 0.6) is 0 Å². The molecule has 1 N–H and O–H groups in total. The van der Waals surface area contributed by atoms with Crippen LogP contribution in [0.25, 0.3) is 0 Å². The van der Waals surface area contributed by atoms with Crippen molar-refractivity contribution in [2.45, 2.75) is 33.1 Å². The molecule has 0 aromatic rings. The highest BCUT2D eigenvalue weighted by molar-refractivity contribution is 6.13. The van der Waals surface area contributed by atoms with Gasteiger partial charge in [-0.1, -0.05) is 19.4 Å². The van der Waals surface area contributed by atoms with Gasteiger partial charge in [-0.3, -0.25) is 14.9 Å². The third kappa shape index (κ3) is 2.94. The van der Waals surface area contributed by atoms with E-state index in [2.05, 4.69) is 24.1 Å². The second-order valence-corrected chi connectivity index (χ2v) is 5.33. The van der Waals surface area contributed by atoms with Gasteiger partial charge in [0.05, 0.1) is 6.42 Å². The standard InChI is InChI=1S/C13H20N2O2/c1-9(2)8-15-5-3-10(4-6-15)11-7-12(16)14-13(11)17/h9H,3-8H2,1-2H3,(H,14,16,17). The molecule has 0 aromatic carbocycles. The topological polar surface area (TPSA) is 49.4 Å². The summed E-state index contributed by atoms with van der Waals surface area (Å²) in [4.78, 5) is 25.1. The monoisotopic (exact) mass is 236 g/mol. The van der Waals surface area contributed by atoms with Crippen LogP contribution in [0.4, 0.5) is 0 Å². The number of imide groups is 1. The van der Waals surface area contributed by atoms with E-state index >= 15 is 0 Å². The molecule has 2 rings (SSSR count). The zero-order chi connectivity index (χ0) is 12.4. The van der Waals surface area contributed by atoms with Gasteiger partial charge in [0, 0.05) is 25.2 Å². The van der Waals surface area contributed by atoms with Crippen LogP contribution in [0.15, 0.2) is 11.1 Å². The van der Waals surface area contributed by atoms with E-state index < -0.39 is 0 Å². The lowest BCUT2D eigenvalue weighted by molar-refractivity contribution is -0.124. The quantitative estimate of drug-likeness (QED) is 0.576. The van der Waals surface area contributed by atoms with Crippen LogP contribution >= 0.6 is 0 Å². The molecule has 2 fully saturated rings. The lowest BCUT2D eigenvalue weighted by Gasteiger charge is -2.30. The number of hydrogen-bond acceptors (Lipinski definition) is 3. The van der Waals surface area contributed by atoms with Crippen molar-refractivity contribution in [3.8, 4) is 0 Å². The van der Waals surface area contributed by atoms with E-state index in [1.165, 1.54) is 5.57 Å². The summed E-state index contributed by atoms with van der Waals surface area (Å²) >= 11 is 0. The Morgan fingerprint density at radius 1 is 1.24 bits per heavy atom. The summed E-state index contributed by atoms with van der Waals surface area (Å²) < 4.78 is 0. The van der Waals surface area contributed by atoms with Gasteiger partial charge in [0.25, 0.3) is 5.91 Å². The van der Waals surface area contributed by atoms with Crippen molar-refractivity contribution in [1.29, 1.82) is 0 Å². The van der Waals surface area contributed by atoms with Gasteiger partial charge in [-0.2, -0.15) is 0 Å². The second kappa shape index (κ2) is 5.00. The molecule has 2 heterocycles. The molecule has 2 aliphatic rings. The predicted molar refractivity (Wildman–Crippen MR) is 65.3 cm³/mol. The van der Waals surface area contributed by atoms with Crippen molar-refractivity contribution in [3.05, 3.63) is 11.1 Å². The van der Waals surface area contributed by atoms with Crippen LogP contribution in [0.3, 0.4) is 0 Å². The van der Waals surface area contributed by atoms with Crippen LogP contribution in [0.2, 0.25) is 0 Å². The van der Waals surface area contributed by atoms with E-state index in [-0.39, 0.29) is 11.8 Å². The Kier molecular flexibility index (Phi) is 3.62. The van der Waals surface area contributed by atoms with Crippen LogP contribution in [0, 0.1) is 5.92 Å². The smallest absolute Gasteiger partial charge is 0.254 e. The largest absolute Gasteiger partial charge is 0.302 e. The van der Waals surface area contributed by atoms with E-state index in [4.69, 9.17) is 0 Å². The number of nitrogens with zero attached hydrogens (tertiary/aromatic N) is 1. The number of amides is 2. The number of piperidine rings is 1. The van der Waals surface area contributed by atoms with Crippen molar-refractivity contribution in [2.24, 2.45) is 5.92 Å². The molecule has 2 aliphatic heterocycles. The average Bonchev–Trinajstić information content (AvgIpc) is 2.58. The zero-order valence-corrected chi connectivity index (χ0v) is 10.6. The summed E-state index contributed by atoms with van der Waals surface area (Å²) in [6, 6.07) is 0. The molecule has 4 heteroatoms. The second-order valence-electron chi connectivity index (χ2n) is 5.33. The van der Waals surface area contributed by atoms with Gasteiger partial charge in [0.15, 0.2) is 0 Å². The van der Waals surface area contributed by atoms with Crippen LogP contribution in [-0.2, 0) is 9.59 Å². The number of hydrogen-bond donors (Lipinski definition) is 1. The maximum atomic E-state index is 11.5. The Hall–Kier alpha value is -1.16. The number of carbonyl (C=O) groups excluding carboxylic acids is 2. The van der Waals surface area contributed by atoms with Crippen molar-refractivity contribution >= 4 is 11.8 Å². The summed E-state index contributed by atoms with van der Waals surface area (Å²) in [5, 5.41) is 2.36. The lowest BCUT2D eigenvalue weighted by Crippen LogP contribution is -2.34. The van der Waals surface area contributed by atoms with Gasteiger partial charge in [0.2, 0.25) is 5.91 Å². The average molecular weight is 236 g/mol. The first kappa shape index (κ1) is 12.3. The summed E-state index contributed by atoms with van der Waals surface area (Å²) in [6.07, 6.45) is 2.16. The maximum absolute atomic E-state index is 11.5. The molecule has 2 saturated heterocycles. The Labute approximate surface area is 102 Å². The Bertz CT molecular complexity index is 362. The summed E-state index contributed by atoms with van der Waals surface area (Å²) in [6.45, 7) is 7.58. The molecule has 0 radical (unpaired) electrons. The van der Waals surface area contributed by atoms with E-state index in [0.717, 1.165) is 38.0 Å². The van der Waals surface area contributed by atoms with E-state index in [0.29, 0.717) is 12.3 Å². The molecule has 0 aromatic heterocycles. The molecule has 4 nitrogen and oxygen atoms in total. The van der Waals surface area contributed by atoms with E-state index in [1.807, 2.05) is 0 Å². The number of rotatable bonds is 2. The summed E-state index contributed by atoms with van der Waals surface area (Å²) in [5.41, 5.74) is 1.92. The van der Waals surface area contributed by atoms with E-state index in [1.54, 1.807) is 0 Å². The van der Waals surface area contributed by atoms with Gasteiger partial charge in [-0.15, -0.1) is 0 Å². The van der Waals surface area contributed by atoms with Crippen molar-refractivity contribution in [1.82, 2.24) is 10.2 Å². The minimum Gasteiger partial charge on any atom is -0.302 e. The third-order valence-corrected chi connectivity index (χ3v) is 3.37. The number of nitrogens with one attached hydrogen (secondary N) is 1. The fourth-order valence-corrected chi connectivity index (χ4v) is 2.60. The Morgan fingerprint density at radius 3 is 2.35 bits per heavy atom. The van der Waals surface area contributed by atoms with Gasteiger partial charge < -0.3 is 4.90 Å². The molecular formula is C13H20N2O2. The first-order valence-corrected chi connectivity index (χ1v) is 6.33. The molecule has 2 amide bonds. The van der Waals surface area contributed by atoms with Gasteiger partial charge in [-0.25, -0.2) is 0 Å². The van der Waals surface area contributed by atoms with Gasteiger partial charge >= 0.3 is 0 Å². The predicted octanol–water partition coefficient (Wildman–Crippen LogP) is 1.08. The first-order chi connectivity index (χ1) is 8.06. The van der Waals surface area contributed by atoms with Crippen molar-refractivity contribution in [3.63, 3.8) is 0 Å². The molecule has 94 valence electrons. The summed E-state index contributed by atoms with van der Waals surface area (Å²) in [5.74, 6) is 0.366. The number of carbonyl (C=O) groups is 2. The molecule has 0 spiro atoms. The molecule has 0 atom stereocenters. The maximum Gasteiger partial charge on any atom is 0.254 e. The SMILES string of the molecule is CC(C)CN1CCC(=C2CC(=O)NC2=O)CC1. The van der Waals surface area contributed by atoms with Crippen LogP contribution < -0.4 is 5.32 Å². The normalized spacial score (nSPS) is 22.5. The minimum atomic E-state index is -0.165. The Morgan fingerprint density at radius 2 is 1.88 bits per heavy atom. The first-order valence-electron chi connectivity index (χ1n) is 6.33. The highest BCUT2D eigenvalue weighted by atomic mass is 16.2. The highest BCUT2D eigenvalue weighted by Crippen LogP contribution is 2.24. The lowest BCUT2D eigenvalue weighted by atomic mass is 9.96. The van der Waals surface area contributed by atoms with Gasteiger partial charge in [-0.05, 0) is 18.8 Å². The molecule has 0 aliphatic carbocycles.